The van der Waals surface area contributed by atoms with Crippen LogP contribution in [0.4, 0.5) is 0 Å². The van der Waals surface area contributed by atoms with E-state index in [1.807, 2.05) is 0 Å². The van der Waals surface area contributed by atoms with E-state index in [9.17, 15) is 19.2 Å². The number of nitrogens with one attached hydrogen (secondary N) is 2. The molecule has 2 atom stereocenters. The summed E-state index contributed by atoms with van der Waals surface area (Å²) in [6.45, 7) is -0.0404. The zero-order valence-electron chi connectivity index (χ0n) is 13.4. The van der Waals surface area contributed by atoms with Gasteiger partial charge in [0.25, 0.3) is 0 Å². The molecule has 0 fully saturated rings. The van der Waals surface area contributed by atoms with E-state index in [2.05, 4.69) is 10.6 Å². The van der Waals surface area contributed by atoms with Crippen molar-refractivity contribution in [2.75, 3.05) is 13.1 Å². The summed E-state index contributed by atoms with van der Waals surface area (Å²) in [5.74, 6) is -5.25. The number of carboxylic acid groups (broad SMARTS) is 4. The molecular formula is C10H16N2Na3O8. The van der Waals surface area contributed by atoms with Gasteiger partial charge in [0.05, 0.1) is 12.8 Å². The van der Waals surface area contributed by atoms with E-state index >= 15 is 0 Å². The largest absolute Gasteiger partial charge is 0.481 e. The first-order valence-corrected chi connectivity index (χ1v) is 5.60. The second-order valence-corrected chi connectivity index (χ2v) is 3.89. The van der Waals surface area contributed by atoms with Crippen molar-refractivity contribution >= 4 is 113 Å². The number of carboxylic acids is 4. The predicted octanol–water partition coefficient (Wildman–Crippen LogP) is -3.12. The SMILES string of the molecule is O=C(O)C[C@H](NCCN[C@@H](CC(=O)O)C(=O)O)C(=O)O.[Na].[Na].[Na]. The summed E-state index contributed by atoms with van der Waals surface area (Å²) in [6.07, 6.45) is -1.24. The Morgan fingerprint density at radius 1 is 0.652 bits per heavy atom. The molecule has 0 aromatic heterocycles. The van der Waals surface area contributed by atoms with Crippen LogP contribution in [0.1, 0.15) is 12.8 Å². The first kappa shape index (κ1) is 31.6. The zero-order chi connectivity index (χ0) is 15.7. The van der Waals surface area contributed by atoms with Gasteiger partial charge in [0.15, 0.2) is 0 Å². The maximum Gasteiger partial charge on any atom is 0.321 e. The van der Waals surface area contributed by atoms with Crippen molar-refractivity contribution < 1.29 is 39.6 Å². The molecule has 3 radical (unpaired) electrons. The molecule has 0 heterocycles. The van der Waals surface area contributed by atoms with Gasteiger partial charge in [-0.15, -0.1) is 0 Å². The van der Waals surface area contributed by atoms with Crippen molar-refractivity contribution in [3.8, 4) is 0 Å². The van der Waals surface area contributed by atoms with Crippen LogP contribution in [-0.4, -0.2) is 158 Å². The fourth-order valence-electron chi connectivity index (χ4n) is 1.34. The molecule has 0 rings (SSSR count). The topological polar surface area (TPSA) is 173 Å². The van der Waals surface area contributed by atoms with Crippen molar-refractivity contribution in [2.24, 2.45) is 0 Å². The second-order valence-electron chi connectivity index (χ2n) is 3.89. The van der Waals surface area contributed by atoms with Gasteiger partial charge in [-0.3, -0.25) is 19.2 Å². The van der Waals surface area contributed by atoms with Crippen LogP contribution in [0.25, 0.3) is 0 Å². The van der Waals surface area contributed by atoms with Gasteiger partial charge in [0.2, 0.25) is 0 Å². The molecule has 0 spiro atoms. The Kier molecular flexibility index (Phi) is 24.2. The maximum absolute atomic E-state index is 10.7. The first-order valence-electron chi connectivity index (χ1n) is 5.60. The van der Waals surface area contributed by atoms with Crippen LogP contribution in [-0.2, 0) is 19.2 Å². The average Bonchev–Trinajstić information content (AvgIpc) is 2.29. The second kappa shape index (κ2) is 17.6. The van der Waals surface area contributed by atoms with Crippen molar-refractivity contribution in [2.45, 2.75) is 24.9 Å². The molecule has 0 aliphatic heterocycles. The van der Waals surface area contributed by atoms with Crippen LogP contribution < -0.4 is 10.6 Å². The summed E-state index contributed by atoms with van der Waals surface area (Å²) >= 11 is 0. The van der Waals surface area contributed by atoms with Gasteiger partial charge in [0.1, 0.15) is 12.1 Å². The summed E-state index contributed by atoms with van der Waals surface area (Å²) in [4.78, 5) is 42.2. The van der Waals surface area contributed by atoms with Crippen molar-refractivity contribution in [3.05, 3.63) is 0 Å². The molecule has 117 valence electrons. The van der Waals surface area contributed by atoms with Gasteiger partial charge in [0, 0.05) is 102 Å². The van der Waals surface area contributed by atoms with Crippen LogP contribution >= 0.6 is 0 Å². The fraction of sp³-hybridized carbons (Fsp3) is 0.600. The quantitative estimate of drug-likeness (QED) is 0.163. The van der Waals surface area contributed by atoms with Gasteiger partial charge in [-0.2, -0.15) is 0 Å². The molecule has 23 heavy (non-hydrogen) atoms. The predicted molar refractivity (Wildman–Crippen MR) is 80.6 cm³/mol. The smallest absolute Gasteiger partial charge is 0.321 e. The number of carbonyl (C=O) groups is 4. The number of hydrogen-bond donors (Lipinski definition) is 6. The first-order chi connectivity index (χ1) is 9.23. The van der Waals surface area contributed by atoms with Gasteiger partial charge < -0.3 is 31.1 Å². The maximum atomic E-state index is 10.7. The molecule has 0 amide bonds. The van der Waals surface area contributed by atoms with Crippen molar-refractivity contribution in [1.82, 2.24) is 10.6 Å². The molecule has 0 unspecified atom stereocenters. The molecule has 0 aliphatic rings. The third kappa shape index (κ3) is 17.4. The van der Waals surface area contributed by atoms with Crippen LogP contribution in [0.3, 0.4) is 0 Å². The fourth-order valence-corrected chi connectivity index (χ4v) is 1.34. The van der Waals surface area contributed by atoms with Crippen LogP contribution in [0.15, 0.2) is 0 Å². The standard InChI is InChI=1S/C10H16N2O8.3Na/c13-7(14)3-5(9(17)18)11-1-2-12-6(10(19)20)4-8(15)16;;;/h5-6,11-12H,1-4H2,(H,13,14)(H,15,16)(H,17,18)(H,19,20);;;/t5-,6-;;;/m0.../s1. The summed E-state index contributed by atoms with van der Waals surface area (Å²) in [7, 11) is 0. The van der Waals surface area contributed by atoms with E-state index in [-0.39, 0.29) is 102 Å². The summed E-state index contributed by atoms with van der Waals surface area (Å²) in [5, 5.41) is 39.2. The van der Waals surface area contributed by atoms with Crippen LogP contribution in [0, 0.1) is 0 Å². The van der Waals surface area contributed by atoms with Gasteiger partial charge in [-0.05, 0) is 0 Å². The van der Waals surface area contributed by atoms with E-state index in [0.29, 0.717) is 0 Å². The van der Waals surface area contributed by atoms with Crippen LogP contribution in [0.5, 0.6) is 0 Å². The number of aliphatic carboxylic acids is 4. The molecule has 13 heteroatoms. The normalized spacial score (nSPS) is 11.7. The minimum atomic E-state index is -1.34. The van der Waals surface area contributed by atoms with Gasteiger partial charge in [-0.1, -0.05) is 0 Å². The molecule has 0 aromatic carbocycles. The van der Waals surface area contributed by atoms with E-state index in [4.69, 9.17) is 20.4 Å². The minimum Gasteiger partial charge on any atom is -0.481 e. The van der Waals surface area contributed by atoms with Crippen LogP contribution in [0.2, 0.25) is 0 Å². The van der Waals surface area contributed by atoms with E-state index in [1.165, 1.54) is 0 Å². The summed E-state index contributed by atoms with van der Waals surface area (Å²) in [6, 6.07) is -2.59. The third-order valence-electron chi connectivity index (χ3n) is 2.26. The Bertz CT molecular complexity index is 360. The van der Waals surface area contributed by atoms with Crippen molar-refractivity contribution in [3.63, 3.8) is 0 Å². The van der Waals surface area contributed by atoms with E-state index < -0.39 is 48.8 Å². The molecule has 10 nitrogen and oxygen atoms in total. The van der Waals surface area contributed by atoms with Gasteiger partial charge in [-0.25, -0.2) is 0 Å². The monoisotopic (exact) mass is 361 g/mol. The third-order valence-corrected chi connectivity index (χ3v) is 2.26. The van der Waals surface area contributed by atoms with E-state index in [0.717, 1.165) is 0 Å². The Morgan fingerprint density at radius 3 is 1.09 bits per heavy atom. The number of rotatable bonds is 11. The zero-order valence-corrected chi connectivity index (χ0v) is 19.4. The molecule has 0 bridgehead atoms. The molecular weight excluding hydrogens is 345 g/mol. The Balaban J connectivity index is -0.000000602. The molecule has 0 saturated heterocycles. The number of hydrogen-bond acceptors (Lipinski definition) is 6. The summed E-state index contributed by atoms with van der Waals surface area (Å²) < 4.78 is 0. The molecule has 0 aliphatic carbocycles. The van der Waals surface area contributed by atoms with E-state index in [1.54, 1.807) is 0 Å². The Hall–Kier alpha value is 0.800. The van der Waals surface area contributed by atoms with Crippen molar-refractivity contribution in [1.29, 1.82) is 0 Å². The molecule has 0 aromatic rings. The summed E-state index contributed by atoms with van der Waals surface area (Å²) in [5.41, 5.74) is 0. The average molecular weight is 361 g/mol. The Morgan fingerprint density at radius 2 is 0.913 bits per heavy atom. The Labute approximate surface area is 198 Å². The molecule has 0 saturated carbocycles. The molecule has 6 N–H and O–H groups in total. The minimum absolute atomic E-state index is 0. The van der Waals surface area contributed by atoms with Gasteiger partial charge >= 0.3 is 23.9 Å².